The lowest BCUT2D eigenvalue weighted by molar-refractivity contribution is -0.384. The fraction of sp³-hybridized carbons (Fsp3) is 0.100. The molecule has 0 saturated carbocycles. The summed E-state index contributed by atoms with van der Waals surface area (Å²) in [5.41, 5.74) is 2.95. The van der Waals surface area contributed by atoms with Crippen molar-refractivity contribution < 1.29 is 9.66 Å². The molecule has 0 amide bonds. The van der Waals surface area contributed by atoms with Crippen molar-refractivity contribution in [1.82, 2.24) is 14.6 Å². The number of anilines is 1. The molecule has 4 aromatic rings. The van der Waals surface area contributed by atoms with Crippen LogP contribution in [0.3, 0.4) is 0 Å². The second kappa shape index (κ2) is 7.76. The number of rotatable bonds is 6. The molecule has 0 unspecified atom stereocenters. The first-order chi connectivity index (χ1) is 14.0. The largest absolute Gasteiger partial charge is 0.479 e. The Balaban J connectivity index is 1.64. The van der Waals surface area contributed by atoms with Crippen molar-refractivity contribution in [2.75, 3.05) is 12.4 Å². The minimum absolute atomic E-state index is 0.0169. The number of hydrogen-bond acceptors (Lipinski definition) is 6. The number of non-ortho nitro benzene ring substituents is 1. The lowest BCUT2D eigenvalue weighted by Gasteiger charge is -2.07. The Labute approximate surface area is 170 Å². The van der Waals surface area contributed by atoms with Crippen molar-refractivity contribution in [1.29, 1.82) is 0 Å². The number of nitro benzene ring substituents is 1. The van der Waals surface area contributed by atoms with Gasteiger partial charge in [0.1, 0.15) is 11.5 Å². The first-order valence-electron chi connectivity index (χ1n) is 8.72. The molecule has 2 aromatic heterocycles. The predicted octanol–water partition coefficient (Wildman–Crippen LogP) is 4.58. The van der Waals surface area contributed by atoms with Crippen molar-refractivity contribution in [3.63, 3.8) is 0 Å². The van der Waals surface area contributed by atoms with Gasteiger partial charge in [-0.25, -0.2) is 4.98 Å². The van der Waals surface area contributed by atoms with Crippen LogP contribution in [0, 0.1) is 10.1 Å². The van der Waals surface area contributed by atoms with Gasteiger partial charge in [-0.2, -0.15) is 4.52 Å². The number of imidazole rings is 1. The van der Waals surface area contributed by atoms with Gasteiger partial charge < -0.3 is 10.1 Å². The SMILES string of the molecule is COc1c(-c2ccc([N+](=O)[O-])cc2)nc2ccc(NCc3ccc(Cl)cc3)nn12. The molecule has 0 aliphatic rings. The van der Waals surface area contributed by atoms with Crippen LogP contribution in [0.2, 0.25) is 5.02 Å². The maximum absolute atomic E-state index is 10.9. The molecule has 0 fully saturated rings. The van der Waals surface area contributed by atoms with Gasteiger partial charge >= 0.3 is 0 Å². The van der Waals surface area contributed by atoms with Crippen LogP contribution in [0.5, 0.6) is 5.88 Å². The lowest BCUT2D eigenvalue weighted by Crippen LogP contribution is -2.04. The van der Waals surface area contributed by atoms with E-state index in [0.29, 0.717) is 40.2 Å². The molecule has 0 bridgehead atoms. The molecule has 4 rings (SSSR count). The van der Waals surface area contributed by atoms with Crippen LogP contribution >= 0.6 is 11.6 Å². The molecule has 8 nitrogen and oxygen atoms in total. The molecule has 2 aromatic carbocycles. The van der Waals surface area contributed by atoms with E-state index >= 15 is 0 Å². The maximum Gasteiger partial charge on any atom is 0.269 e. The first-order valence-corrected chi connectivity index (χ1v) is 9.10. The van der Waals surface area contributed by atoms with Crippen LogP contribution in [0.15, 0.2) is 60.7 Å². The number of fused-ring (bicyclic) bond motifs is 1. The summed E-state index contributed by atoms with van der Waals surface area (Å²) in [5.74, 6) is 1.10. The zero-order chi connectivity index (χ0) is 20.4. The van der Waals surface area contributed by atoms with E-state index in [1.54, 1.807) is 16.6 Å². The van der Waals surface area contributed by atoms with Gasteiger partial charge in [-0.15, -0.1) is 5.10 Å². The summed E-state index contributed by atoms with van der Waals surface area (Å²) in [6, 6.07) is 17.4. The fourth-order valence-corrected chi connectivity index (χ4v) is 3.04. The number of nitrogens with zero attached hydrogens (tertiary/aromatic N) is 4. The highest BCUT2D eigenvalue weighted by molar-refractivity contribution is 6.30. The smallest absolute Gasteiger partial charge is 0.269 e. The third-order valence-corrected chi connectivity index (χ3v) is 4.62. The number of methoxy groups -OCH3 is 1. The van der Waals surface area contributed by atoms with Crippen LogP contribution in [0.1, 0.15) is 5.56 Å². The van der Waals surface area contributed by atoms with E-state index in [2.05, 4.69) is 15.4 Å². The molecule has 0 saturated heterocycles. The Morgan fingerprint density at radius 3 is 2.48 bits per heavy atom. The topological polar surface area (TPSA) is 94.6 Å². The van der Waals surface area contributed by atoms with Crippen LogP contribution in [0.25, 0.3) is 16.9 Å². The van der Waals surface area contributed by atoms with E-state index in [9.17, 15) is 10.1 Å². The molecule has 0 atom stereocenters. The minimum atomic E-state index is -0.440. The molecular weight excluding hydrogens is 394 g/mol. The van der Waals surface area contributed by atoms with E-state index in [1.165, 1.54) is 19.2 Å². The van der Waals surface area contributed by atoms with Gasteiger partial charge in [-0.1, -0.05) is 23.7 Å². The lowest BCUT2D eigenvalue weighted by atomic mass is 10.1. The number of nitro groups is 1. The van der Waals surface area contributed by atoms with Gasteiger partial charge in [0.25, 0.3) is 5.69 Å². The third kappa shape index (κ3) is 3.83. The number of ether oxygens (including phenoxy) is 1. The van der Waals surface area contributed by atoms with E-state index in [0.717, 1.165) is 5.56 Å². The summed E-state index contributed by atoms with van der Waals surface area (Å²) in [5, 5.41) is 19.4. The van der Waals surface area contributed by atoms with Crippen molar-refractivity contribution in [2.45, 2.75) is 6.54 Å². The maximum atomic E-state index is 10.9. The van der Waals surface area contributed by atoms with E-state index in [4.69, 9.17) is 16.3 Å². The van der Waals surface area contributed by atoms with Crippen molar-refractivity contribution >= 4 is 28.8 Å². The molecule has 146 valence electrons. The summed E-state index contributed by atoms with van der Waals surface area (Å²) >= 11 is 5.91. The minimum Gasteiger partial charge on any atom is -0.479 e. The number of benzene rings is 2. The normalized spacial score (nSPS) is 10.8. The summed E-state index contributed by atoms with van der Waals surface area (Å²) in [7, 11) is 1.54. The van der Waals surface area contributed by atoms with Crippen molar-refractivity contribution in [3.05, 3.63) is 81.4 Å². The predicted molar refractivity (Wildman–Crippen MR) is 110 cm³/mol. The number of hydrogen-bond donors (Lipinski definition) is 1. The summed E-state index contributed by atoms with van der Waals surface area (Å²) in [6.45, 7) is 0.585. The fourth-order valence-electron chi connectivity index (χ4n) is 2.91. The quantitative estimate of drug-likeness (QED) is 0.370. The molecule has 0 radical (unpaired) electrons. The summed E-state index contributed by atoms with van der Waals surface area (Å²) in [4.78, 5) is 15.0. The van der Waals surface area contributed by atoms with E-state index in [1.807, 2.05) is 36.4 Å². The first kappa shape index (κ1) is 18.7. The molecule has 2 heterocycles. The molecule has 29 heavy (non-hydrogen) atoms. The molecule has 0 aliphatic heterocycles. The second-order valence-electron chi connectivity index (χ2n) is 6.24. The molecular formula is C20H16ClN5O3. The molecule has 0 spiro atoms. The van der Waals surface area contributed by atoms with Crippen LogP contribution in [-0.2, 0) is 6.54 Å². The molecule has 9 heteroatoms. The van der Waals surface area contributed by atoms with Crippen LogP contribution < -0.4 is 10.1 Å². The van der Waals surface area contributed by atoms with E-state index < -0.39 is 4.92 Å². The van der Waals surface area contributed by atoms with Gasteiger partial charge in [0.05, 0.1) is 12.0 Å². The van der Waals surface area contributed by atoms with E-state index in [-0.39, 0.29) is 5.69 Å². The van der Waals surface area contributed by atoms with Gasteiger partial charge in [0.2, 0.25) is 5.88 Å². The average molecular weight is 410 g/mol. The highest BCUT2D eigenvalue weighted by atomic mass is 35.5. The average Bonchev–Trinajstić information content (AvgIpc) is 3.11. The summed E-state index contributed by atoms with van der Waals surface area (Å²) < 4.78 is 7.12. The molecule has 0 aliphatic carbocycles. The van der Waals surface area contributed by atoms with Crippen LogP contribution in [-0.4, -0.2) is 26.6 Å². The van der Waals surface area contributed by atoms with Gasteiger partial charge in [0.15, 0.2) is 5.65 Å². The Hall–Kier alpha value is -3.65. The van der Waals surface area contributed by atoms with Crippen LogP contribution in [0.4, 0.5) is 11.5 Å². The zero-order valence-electron chi connectivity index (χ0n) is 15.4. The molecule has 1 N–H and O–H groups in total. The van der Waals surface area contributed by atoms with Gasteiger partial charge in [-0.3, -0.25) is 10.1 Å². The highest BCUT2D eigenvalue weighted by Gasteiger charge is 2.17. The Kier molecular flexibility index (Phi) is 5.01. The number of aromatic nitrogens is 3. The third-order valence-electron chi connectivity index (χ3n) is 4.37. The number of halogens is 1. The van der Waals surface area contributed by atoms with Gasteiger partial charge in [0, 0.05) is 29.3 Å². The Morgan fingerprint density at radius 2 is 1.83 bits per heavy atom. The monoisotopic (exact) mass is 409 g/mol. The standard InChI is InChI=1S/C20H16ClN5O3/c1-29-20-19(14-4-8-16(9-5-14)26(27)28)23-18-11-10-17(24-25(18)20)22-12-13-2-6-15(21)7-3-13/h2-11H,12H2,1H3,(H,22,24). The van der Waals surface area contributed by atoms with Crippen molar-refractivity contribution in [2.24, 2.45) is 0 Å². The summed E-state index contributed by atoms with van der Waals surface area (Å²) in [6.07, 6.45) is 0. The zero-order valence-corrected chi connectivity index (χ0v) is 16.1. The van der Waals surface area contributed by atoms with Gasteiger partial charge in [-0.05, 0) is 42.0 Å². The number of nitrogens with one attached hydrogen (secondary N) is 1. The second-order valence-corrected chi connectivity index (χ2v) is 6.68. The highest BCUT2D eigenvalue weighted by Crippen LogP contribution is 2.31. The Bertz CT molecular complexity index is 1170. The van der Waals surface area contributed by atoms with Crippen molar-refractivity contribution in [3.8, 4) is 17.1 Å². The Morgan fingerprint density at radius 1 is 1.10 bits per heavy atom.